The number of nitrogens with zero attached hydrogens (tertiary/aromatic N) is 1. The Balaban J connectivity index is 1.36. The molecule has 0 aromatic heterocycles. The second-order valence-corrected chi connectivity index (χ2v) is 7.17. The summed E-state index contributed by atoms with van der Waals surface area (Å²) < 4.78 is 5.92. The Kier molecular flexibility index (Phi) is 4.90. The summed E-state index contributed by atoms with van der Waals surface area (Å²) in [6.45, 7) is 1.79. The molecule has 7 heteroatoms. The van der Waals surface area contributed by atoms with Gasteiger partial charge in [0.25, 0.3) is 5.91 Å². The molecule has 0 spiro atoms. The van der Waals surface area contributed by atoms with Gasteiger partial charge in [-0.05, 0) is 48.4 Å². The Morgan fingerprint density at radius 3 is 2.85 bits per heavy atom. The number of hydrogen-bond acceptors (Lipinski definition) is 3. The van der Waals surface area contributed by atoms with Crippen molar-refractivity contribution in [2.24, 2.45) is 0 Å². The first kappa shape index (κ1) is 17.7. The zero-order valence-electron chi connectivity index (χ0n) is 14.7. The lowest BCUT2D eigenvalue weighted by molar-refractivity contribution is 0.0946. The molecule has 0 radical (unpaired) electrons. The summed E-state index contributed by atoms with van der Waals surface area (Å²) in [6, 6.07) is 12.5. The molecule has 27 heavy (non-hydrogen) atoms. The number of amides is 3. The van der Waals surface area contributed by atoms with E-state index in [1.165, 1.54) is 0 Å². The van der Waals surface area contributed by atoms with Gasteiger partial charge in [0.05, 0.1) is 6.54 Å². The molecule has 4 rings (SSSR count). The first-order chi connectivity index (χ1) is 13.1. The molecule has 1 fully saturated rings. The SMILES string of the molecule is O=C1NCCc2ccc(NC(=O)N3CCC(Oc4ccc(Cl)cc4)C3)cc21. The Bertz CT molecular complexity index is 869. The van der Waals surface area contributed by atoms with E-state index in [2.05, 4.69) is 10.6 Å². The highest BCUT2D eigenvalue weighted by molar-refractivity contribution is 6.30. The molecular weight excluding hydrogens is 366 g/mol. The van der Waals surface area contributed by atoms with Crippen molar-refractivity contribution >= 4 is 29.2 Å². The minimum absolute atomic E-state index is 0.0498. The predicted octanol–water partition coefficient (Wildman–Crippen LogP) is 3.31. The van der Waals surface area contributed by atoms with E-state index in [4.69, 9.17) is 16.3 Å². The molecule has 0 bridgehead atoms. The average Bonchev–Trinajstić information content (AvgIpc) is 3.13. The van der Waals surface area contributed by atoms with Gasteiger partial charge >= 0.3 is 6.03 Å². The second-order valence-electron chi connectivity index (χ2n) is 6.74. The van der Waals surface area contributed by atoms with Crippen molar-refractivity contribution in [2.45, 2.75) is 18.9 Å². The van der Waals surface area contributed by atoms with Crippen LogP contribution in [0.2, 0.25) is 5.02 Å². The van der Waals surface area contributed by atoms with Crippen LogP contribution in [-0.2, 0) is 6.42 Å². The van der Waals surface area contributed by atoms with Crippen LogP contribution >= 0.6 is 11.6 Å². The Morgan fingerprint density at radius 1 is 1.22 bits per heavy atom. The van der Waals surface area contributed by atoms with Crippen LogP contribution in [0.5, 0.6) is 5.75 Å². The number of anilines is 1. The van der Waals surface area contributed by atoms with Crippen molar-refractivity contribution in [1.29, 1.82) is 0 Å². The van der Waals surface area contributed by atoms with Gasteiger partial charge in [0.2, 0.25) is 0 Å². The number of rotatable bonds is 3. The van der Waals surface area contributed by atoms with Gasteiger partial charge < -0.3 is 20.3 Å². The maximum absolute atomic E-state index is 12.5. The lowest BCUT2D eigenvalue weighted by Crippen LogP contribution is -2.35. The molecule has 0 aliphatic carbocycles. The number of carbonyl (C=O) groups is 2. The first-order valence-electron chi connectivity index (χ1n) is 8.98. The number of urea groups is 1. The maximum Gasteiger partial charge on any atom is 0.321 e. The Hall–Kier alpha value is -2.73. The molecule has 1 saturated heterocycles. The monoisotopic (exact) mass is 385 g/mol. The van der Waals surface area contributed by atoms with E-state index in [0.717, 1.165) is 24.2 Å². The molecule has 0 saturated carbocycles. The Morgan fingerprint density at radius 2 is 2.04 bits per heavy atom. The zero-order chi connectivity index (χ0) is 18.8. The quantitative estimate of drug-likeness (QED) is 0.851. The molecule has 1 atom stereocenters. The van der Waals surface area contributed by atoms with Crippen molar-refractivity contribution in [3.8, 4) is 5.75 Å². The van der Waals surface area contributed by atoms with Crippen molar-refractivity contribution in [1.82, 2.24) is 10.2 Å². The fourth-order valence-electron chi connectivity index (χ4n) is 3.41. The molecule has 2 aliphatic rings. The largest absolute Gasteiger partial charge is 0.489 e. The van der Waals surface area contributed by atoms with E-state index in [-0.39, 0.29) is 18.0 Å². The number of hydrogen-bond donors (Lipinski definition) is 2. The third-order valence-electron chi connectivity index (χ3n) is 4.83. The van der Waals surface area contributed by atoms with Crippen LogP contribution in [0, 0.1) is 0 Å². The van der Waals surface area contributed by atoms with Crippen LogP contribution in [0.25, 0.3) is 0 Å². The number of fused-ring (bicyclic) bond motifs is 1. The van der Waals surface area contributed by atoms with Crippen LogP contribution in [0.15, 0.2) is 42.5 Å². The van der Waals surface area contributed by atoms with Crippen LogP contribution in [0.1, 0.15) is 22.3 Å². The highest BCUT2D eigenvalue weighted by Crippen LogP contribution is 2.22. The van der Waals surface area contributed by atoms with Crippen LogP contribution in [0.3, 0.4) is 0 Å². The smallest absolute Gasteiger partial charge is 0.321 e. The number of benzene rings is 2. The number of likely N-dealkylation sites (tertiary alicyclic amines) is 1. The number of ether oxygens (including phenoxy) is 1. The summed E-state index contributed by atoms with van der Waals surface area (Å²) in [5, 5.41) is 6.36. The van der Waals surface area contributed by atoms with Gasteiger partial charge in [-0.1, -0.05) is 17.7 Å². The van der Waals surface area contributed by atoms with Crippen molar-refractivity contribution in [3.05, 3.63) is 58.6 Å². The van der Waals surface area contributed by atoms with Crippen LogP contribution < -0.4 is 15.4 Å². The topological polar surface area (TPSA) is 70.7 Å². The summed E-state index contributed by atoms with van der Waals surface area (Å²) >= 11 is 5.88. The van der Waals surface area contributed by atoms with Gasteiger partial charge in [-0.3, -0.25) is 4.79 Å². The number of carbonyl (C=O) groups excluding carboxylic acids is 2. The van der Waals surface area contributed by atoms with Gasteiger partial charge in [0.15, 0.2) is 0 Å². The van der Waals surface area contributed by atoms with Gasteiger partial charge in [0, 0.05) is 35.8 Å². The maximum atomic E-state index is 12.5. The normalized spacial score (nSPS) is 18.6. The number of nitrogens with one attached hydrogen (secondary N) is 2. The van der Waals surface area contributed by atoms with Crippen molar-refractivity contribution < 1.29 is 14.3 Å². The van der Waals surface area contributed by atoms with Crippen molar-refractivity contribution in [3.63, 3.8) is 0 Å². The minimum Gasteiger partial charge on any atom is -0.489 e. The van der Waals surface area contributed by atoms with Gasteiger partial charge in [-0.15, -0.1) is 0 Å². The van der Waals surface area contributed by atoms with E-state index in [1.54, 1.807) is 23.1 Å². The molecule has 2 heterocycles. The summed E-state index contributed by atoms with van der Waals surface area (Å²) in [5.74, 6) is 0.650. The summed E-state index contributed by atoms with van der Waals surface area (Å²) in [6.07, 6.45) is 1.53. The van der Waals surface area contributed by atoms with Crippen LogP contribution in [-0.4, -0.2) is 42.6 Å². The van der Waals surface area contributed by atoms with E-state index in [0.29, 0.717) is 35.9 Å². The molecule has 2 aliphatic heterocycles. The molecule has 6 nitrogen and oxygen atoms in total. The Labute approximate surface area is 162 Å². The van der Waals surface area contributed by atoms with Crippen LogP contribution in [0.4, 0.5) is 10.5 Å². The van der Waals surface area contributed by atoms with E-state index in [9.17, 15) is 9.59 Å². The standard InChI is InChI=1S/C20H20ClN3O3/c21-14-2-5-16(6-3-14)27-17-8-10-24(12-17)20(26)23-15-4-1-13-7-9-22-19(25)18(13)11-15/h1-6,11,17H,7-10,12H2,(H,22,25)(H,23,26). The van der Waals surface area contributed by atoms with E-state index < -0.39 is 0 Å². The summed E-state index contributed by atoms with van der Waals surface area (Å²) in [4.78, 5) is 26.2. The summed E-state index contributed by atoms with van der Waals surface area (Å²) in [7, 11) is 0. The lowest BCUT2D eigenvalue weighted by atomic mass is 10.00. The highest BCUT2D eigenvalue weighted by Gasteiger charge is 2.28. The average molecular weight is 386 g/mol. The van der Waals surface area contributed by atoms with E-state index >= 15 is 0 Å². The molecule has 2 N–H and O–H groups in total. The molecular formula is C20H20ClN3O3. The van der Waals surface area contributed by atoms with Gasteiger partial charge in [-0.25, -0.2) is 4.79 Å². The molecule has 2 aromatic rings. The number of halogens is 1. The minimum atomic E-state index is -0.187. The fraction of sp³-hybridized carbons (Fsp3) is 0.300. The lowest BCUT2D eigenvalue weighted by Gasteiger charge is -2.20. The first-order valence-corrected chi connectivity index (χ1v) is 9.35. The fourth-order valence-corrected chi connectivity index (χ4v) is 3.53. The van der Waals surface area contributed by atoms with Gasteiger partial charge in [0.1, 0.15) is 11.9 Å². The summed E-state index contributed by atoms with van der Waals surface area (Å²) in [5.41, 5.74) is 2.26. The van der Waals surface area contributed by atoms with E-state index in [1.807, 2.05) is 24.3 Å². The highest BCUT2D eigenvalue weighted by atomic mass is 35.5. The molecule has 140 valence electrons. The second kappa shape index (κ2) is 7.48. The predicted molar refractivity (Wildman–Crippen MR) is 104 cm³/mol. The van der Waals surface area contributed by atoms with Crippen molar-refractivity contribution in [2.75, 3.05) is 25.0 Å². The molecule has 1 unspecified atom stereocenters. The zero-order valence-corrected chi connectivity index (χ0v) is 15.5. The third-order valence-corrected chi connectivity index (χ3v) is 5.09. The molecule has 3 amide bonds. The third kappa shape index (κ3) is 4.01. The molecule has 2 aromatic carbocycles. The van der Waals surface area contributed by atoms with Gasteiger partial charge in [-0.2, -0.15) is 0 Å².